The molecule has 3 aromatic heterocycles. The van der Waals surface area contributed by atoms with E-state index in [-0.39, 0.29) is 11.6 Å². The second-order valence-electron chi connectivity index (χ2n) is 9.30. The third kappa shape index (κ3) is 5.10. The number of amides is 1. The largest absolute Gasteiger partial charge is 0.484 e. The summed E-state index contributed by atoms with van der Waals surface area (Å²) in [7, 11) is 0. The van der Waals surface area contributed by atoms with Gasteiger partial charge < -0.3 is 15.8 Å². The molecule has 1 aromatic carbocycles. The summed E-state index contributed by atoms with van der Waals surface area (Å²) in [5, 5.41) is 3.51. The molecule has 0 saturated carbocycles. The average Bonchev–Trinajstić information content (AvgIpc) is 3.36. The van der Waals surface area contributed by atoms with Crippen molar-refractivity contribution in [2.24, 2.45) is 5.73 Å². The van der Waals surface area contributed by atoms with Crippen LogP contribution in [0.15, 0.2) is 54.9 Å². The molecule has 4 aromatic rings. The monoisotopic (exact) mass is 462 g/mol. The van der Waals surface area contributed by atoms with Crippen LogP contribution in [0, 0.1) is 6.92 Å². The van der Waals surface area contributed by atoms with Gasteiger partial charge in [0.2, 0.25) is 0 Å². The second-order valence-corrected chi connectivity index (χ2v) is 10.3. The van der Waals surface area contributed by atoms with Gasteiger partial charge >= 0.3 is 0 Å². The number of fused-ring (bicyclic) bond motifs is 1. The van der Waals surface area contributed by atoms with E-state index in [1.165, 1.54) is 16.9 Å². The van der Waals surface area contributed by atoms with E-state index >= 15 is 0 Å². The van der Waals surface area contributed by atoms with Gasteiger partial charge in [-0.15, -0.1) is 11.3 Å². The number of thiophene rings is 1. The highest BCUT2D eigenvalue weighted by atomic mass is 32.1. The van der Waals surface area contributed by atoms with E-state index in [0.29, 0.717) is 10.6 Å². The molecule has 0 fully saturated rings. The van der Waals surface area contributed by atoms with Crippen molar-refractivity contribution < 1.29 is 9.53 Å². The van der Waals surface area contributed by atoms with Gasteiger partial charge in [-0.3, -0.25) is 9.20 Å². The number of hydrogen-bond donors (Lipinski definition) is 2. The van der Waals surface area contributed by atoms with Crippen LogP contribution in [-0.4, -0.2) is 20.8 Å². The Bertz CT molecular complexity index is 1300. The summed E-state index contributed by atoms with van der Waals surface area (Å²) in [4.78, 5) is 17.9. The van der Waals surface area contributed by atoms with Crippen LogP contribution in [0.2, 0.25) is 0 Å². The molecule has 0 unspecified atom stereocenters. The van der Waals surface area contributed by atoms with E-state index in [4.69, 9.17) is 10.5 Å². The Morgan fingerprint density at radius 1 is 1.24 bits per heavy atom. The predicted molar refractivity (Wildman–Crippen MR) is 134 cm³/mol. The Morgan fingerprint density at radius 3 is 2.73 bits per heavy atom. The minimum atomic E-state index is -0.498. The molecule has 0 saturated heterocycles. The minimum Gasteiger partial charge on any atom is -0.484 e. The zero-order valence-corrected chi connectivity index (χ0v) is 20.5. The number of imidazole rings is 1. The SMILES string of the molecule is Cc1cc(CNC(C)(C)C)ccc1[C@@H](C)Oc1cc(-c2cnc3ccccn23)sc1C(N)=O. The lowest BCUT2D eigenvalue weighted by molar-refractivity contribution is 0.0998. The van der Waals surface area contributed by atoms with Gasteiger partial charge in [-0.1, -0.05) is 24.3 Å². The molecule has 3 N–H and O–H groups in total. The van der Waals surface area contributed by atoms with E-state index < -0.39 is 5.91 Å². The molecule has 0 aliphatic carbocycles. The van der Waals surface area contributed by atoms with Crippen molar-refractivity contribution in [3.05, 3.63) is 76.4 Å². The van der Waals surface area contributed by atoms with Gasteiger partial charge in [-0.2, -0.15) is 0 Å². The first-order valence-electron chi connectivity index (χ1n) is 11.0. The summed E-state index contributed by atoms with van der Waals surface area (Å²) in [5.41, 5.74) is 10.9. The molecule has 7 heteroatoms. The van der Waals surface area contributed by atoms with Gasteiger partial charge in [0.15, 0.2) is 0 Å². The van der Waals surface area contributed by atoms with Crippen molar-refractivity contribution in [3.8, 4) is 16.3 Å². The lowest BCUT2D eigenvalue weighted by Crippen LogP contribution is -2.35. The molecular weight excluding hydrogens is 432 g/mol. The molecule has 1 atom stereocenters. The van der Waals surface area contributed by atoms with Crippen LogP contribution in [0.3, 0.4) is 0 Å². The van der Waals surface area contributed by atoms with Crippen LogP contribution in [0.1, 0.15) is 60.2 Å². The van der Waals surface area contributed by atoms with Crippen LogP contribution >= 0.6 is 11.3 Å². The van der Waals surface area contributed by atoms with Crippen LogP contribution in [0.5, 0.6) is 5.75 Å². The molecule has 1 amide bonds. The third-order valence-electron chi connectivity index (χ3n) is 5.49. The summed E-state index contributed by atoms with van der Waals surface area (Å²) in [6, 6.07) is 14.1. The van der Waals surface area contributed by atoms with E-state index in [1.54, 1.807) is 6.20 Å². The second kappa shape index (κ2) is 9.00. The summed E-state index contributed by atoms with van der Waals surface area (Å²) in [5.74, 6) is 0.00125. The van der Waals surface area contributed by atoms with Crippen molar-refractivity contribution in [1.82, 2.24) is 14.7 Å². The van der Waals surface area contributed by atoms with E-state index in [9.17, 15) is 4.79 Å². The number of aromatic nitrogens is 2. The molecule has 172 valence electrons. The molecule has 6 nitrogen and oxygen atoms in total. The standard InChI is InChI=1S/C26H30N4O2S/c1-16-12-18(14-29-26(3,4)5)9-10-19(16)17(2)32-21-13-22(33-24(21)25(27)31)20-15-28-23-8-6-7-11-30(20)23/h6-13,15,17,29H,14H2,1-5H3,(H2,27,31)/t17-/m1/s1. The number of carbonyl (C=O) groups is 1. The average molecular weight is 463 g/mol. The van der Waals surface area contributed by atoms with Crippen molar-refractivity contribution in [2.45, 2.75) is 52.8 Å². The molecule has 0 aliphatic rings. The number of aryl methyl sites for hydroxylation is 1. The normalized spacial score (nSPS) is 12.8. The lowest BCUT2D eigenvalue weighted by atomic mass is 10.0. The fourth-order valence-corrected chi connectivity index (χ4v) is 4.75. The van der Waals surface area contributed by atoms with Crippen LogP contribution in [-0.2, 0) is 6.54 Å². The Morgan fingerprint density at radius 2 is 2.03 bits per heavy atom. The zero-order chi connectivity index (χ0) is 23.8. The fourth-order valence-electron chi connectivity index (χ4n) is 3.80. The highest BCUT2D eigenvalue weighted by molar-refractivity contribution is 7.17. The lowest BCUT2D eigenvalue weighted by Gasteiger charge is -2.22. The topological polar surface area (TPSA) is 81.7 Å². The van der Waals surface area contributed by atoms with E-state index in [1.807, 2.05) is 41.8 Å². The Kier molecular flexibility index (Phi) is 6.28. The Labute approximate surface area is 198 Å². The maximum Gasteiger partial charge on any atom is 0.262 e. The molecule has 3 heterocycles. The maximum atomic E-state index is 12.2. The summed E-state index contributed by atoms with van der Waals surface area (Å²) < 4.78 is 8.27. The molecule has 4 rings (SSSR count). The van der Waals surface area contributed by atoms with Crippen molar-refractivity contribution >= 4 is 22.9 Å². The number of rotatable bonds is 7. The molecule has 0 spiro atoms. The third-order valence-corrected chi connectivity index (χ3v) is 6.64. The Hall–Kier alpha value is -3.16. The summed E-state index contributed by atoms with van der Waals surface area (Å²) in [6.07, 6.45) is 3.51. The maximum absolute atomic E-state index is 12.2. The van der Waals surface area contributed by atoms with Crippen LogP contribution < -0.4 is 15.8 Å². The molecule has 0 aliphatic heterocycles. The van der Waals surface area contributed by atoms with Gasteiger partial charge in [0.25, 0.3) is 5.91 Å². The van der Waals surface area contributed by atoms with Gasteiger partial charge in [0.05, 0.1) is 16.8 Å². The van der Waals surface area contributed by atoms with Crippen molar-refractivity contribution in [3.63, 3.8) is 0 Å². The number of hydrogen-bond acceptors (Lipinski definition) is 5. The quantitative estimate of drug-likeness (QED) is 0.380. The van der Waals surface area contributed by atoms with Crippen molar-refractivity contribution in [2.75, 3.05) is 0 Å². The number of nitrogens with zero attached hydrogens (tertiary/aromatic N) is 2. The van der Waals surface area contributed by atoms with E-state index in [2.05, 4.69) is 56.2 Å². The Balaban J connectivity index is 1.59. The van der Waals surface area contributed by atoms with E-state index in [0.717, 1.165) is 33.9 Å². The zero-order valence-electron chi connectivity index (χ0n) is 19.7. The van der Waals surface area contributed by atoms with Crippen LogP contribution in [0.25, 0.3) is 16.2 Å². The predicted octanol–water partition coefficient (Wildman–Crippen LogP) is 5.50. The first kappa shape index (κ1) is 23.0. The van der Waals surface area contributed by atoms with Gasteiger partial charge in [0.1, 0.15) is 22.4 Å². The number of ether oxygens (including phenoxy) is 1. The number of nitrogens with two attached hydrogens (primary N) is 1. The number of pyridine rings is 1. The number of nitrogens with one attached hydrogen (secondary N) is 1. The molecule has 33 heavy (non-hydrogen) atoms. The van der Waals surface area contributed by atoms with Crippen molar-refractivity contribution in [1.29, 1.82) is 0 Å². The van der Waals surface area contributed by atoms with Crippen LogP contribution in [0.4, 0.5) is 0 Å². The minimum absolute atomic E-state index is 0.0611. The molecule has 0 bridgehead atoms. The van der Waals surface area contributed by atoms with Gasteiger partial charge in [-0.05, 0) is 63.4 Å². The number of primary amides is 1. The van der Waals surface area contributed by atoms with Gasteiger partial charge in [-0.25, -0.2) is 4.98 Å². The highest BCUT2D eigenvalue weighted by Crippen LogP contribution is 2.38. The summed E-state index contributed by atoms with van der Waals surface area (Å²) in [6.45, 7) is 11.3. The first-order valence-corrected chi connectivity index (χ1v) is 11.8. The number of benzene rings is 1. The molecule has 0 radical (unpaired) electrons. The molecular formula is C26H30N4O2S. The number of carbonyl (C=O) groups excluding carboxylic acids is 1. The highest BCUT2D eigenvalue weighted by Gasteiger charge is 2.21. The smallest absolute Gasteiger partial charge is 0.262 e. The summed E-state index contributed by atoms with van der Waals surface area (Å²) >= 11 is 1.32. The first-order chi connectivity index (χ1) is 15.6. The van der Waals surface area contributed by atoms with Gasteiger partial charge in [0, 0.05) is 24.3 Å². The fraction of sp³-hybridized carbons (Fsp3) is 0.308.